The van der Waals surface area contributed by atoms with Crippen molar-refractivity contribution >= 4 is 40.3 Å². The molecule has 0 spiro atoms. The number of benzene rings is 1. The van der Waals surface area contributed by atoms with Crippen molar-refractivity contribution in [2.75, 3.05) is 7.05 Å². The molecule has 0 bridgehead atoms. The first-order chi connectivity index (χ1) is 9.15. The Morgan fingerprint density at radius 2 is 2.00 bits per heavy atom. The molecule has 0 aliphatic rings. The molecule has 2 aromatic rings. The molecule has 0 aliphatic carbocycles. The third-order valence-electron chi connectivity index (χ3n) is 2.66. The third kappa shape index (κ3) is 4.49. The molecule has 0 atom stereocenters. The Morgan fingerprint density at radius 3 is 2.63 bits per heavy atom. The molecule has 0 unspecified atom stereocenters. The monoisotopic (exact) mass is 310 g/mol. The van der Waals surface area contributed by atoms with Crippen LogP contribution in [-0.2, 0) is 13.1 Å². The lowest BCUT2D eigenvalue weighted by Gasteiger charge is -2.20. The summed E-state index contributed by atoms with van der Waals surface area (Å²) in [6.07, 6.45) is 0. The van der Waals surface area contributed by atoms with E-state index in [1.54, 1.807) is 11.3 Å². The average molecular weight is 311 g/mol. The van der Waals surface area contributed by atoms with Gasteiger partial charge >= 0.3 is 0 Å². The van der Waals surface area contributed by atoms with Crippen molar-refractivity contribution in [2.45, 2.75) is 13.1 Å². The molecule has 1 N–H and O–H groups in total. The van der Waals surface area contributed by atoms with Gasteiger partial charge in [0.25, 0.3) is 0 Å². The molecule has 19 heavy (non-hydrogen) atoms. The third-order valence-corrected chi connectivity index (χ3v) is 4.33. The zero-order valence-electron chi connectivity index (χ0n) is 10.6. The van der Waals surface area contributed by atoms with Gasteiger partial charge in [-0.3, -0.25) is 0 Å². The van der Waals surface area contributed by atoms with Crippen LogP contribution in [0.2, 0.25) is 4.34 Å². The van der Waals surface area contributed by atoms with Crippen molar-refractivity contribution in [1.82, 2.24) is 10.2 Å². The van der Waals surface area contributed by atoms with Gasteiger partial charge in [-0.05, 0) is 29.9 Å². The molecule has 0 saturated heterocycles. The van der Waals surface area contributed by atoms with E-state index in [1.165, 1.54) is 10.4 Å². The zero-order chi connectivity index (χ0) is 13.7. The normalized spacial score (nSPS) is 10.2. The first-order valence-electron chi connectivity index (χ1n) is 5.92. The van der Waals surface area contributed by atoms with Crippen LogP contribution in [0.25, 0.3) is 0 Å². The lowest BCUT2D eigenvalue weighted by molar-refractivity contribution is 0.493. The SMILES string of the molecule is CN(Cc1ccc(Cl)s1)C(=S)NCc1ccccc1. The predicted octanol–water partition coefficient (Wildman–Crippen LogP) is 3.91. The van der Waals surface area contributed by atoms with E-state index in [1.807, 2.05) is 42.3 Å². The van der Waals surface area contributed by atoms with Crippen LogP contribution in [0.4, 0.5) is 0 Å². The Morgan fingerprint density at radius 1 is 1.26 bits per heavy atom. The van der Waals surface area contributed by atoms with Crippen LogP contribution in [0.3, 0.4) is 0 Å². The van der Waals surface area contributed by atoms with E-state index >= 15 is 0 Å². The Balaban J connectivity index is 1.82. The van der Waals surface area contributed by atoms with Gasteiger partial charge in [-0.2, -0.15) is 0 Å². The molecule has 2 rings (SSSR count). The molecule has 0 radical (unpaired) electrons. The van der Waals surface area contributed by atoms with Crippen molar-refractivity contribution in [3.63, 3.8) is 0 Å². The number of thiocarbonyl (C=S) groups is 1. The van der Waals surface area contributed by atoms with Crippen LogP contribution in [0.15, 0.2) is 42.5 Å². The van der Waals surface area contributed by atoms with Crippen LogP contribution >= 0.6 is 35.2 Å². The number of hydrogen-bond donors (Lipinski definition) is 1. The van der Waals surface area contributed by atoms with Gasteiger partial charge in [0, 0.05) is 18.5 Å². The van der Waals surface area contributed by atoms with Gasteiger partial charge in [0.05, 0.1) is 10.9 Å². The zero-order valence-corrected chi connectivity index (χ0v) is 13.0. The topological polar surface area (TPSA) is 15.3 Å². The van der Waals surface area contributed by atoms with E-state index < -0.39 is 0 Å². The molecule has 5 heteroatoms. The van der Waals surface area contributed by atoms with Gasteiger partial charge in [0.1, 0.15) is 0 Å². The highest BCUT2D eigenvalue weighted by Gasteiger charge is 2.06. The summed E-state index contributed by atoms with van der Waals surface area (Å²) in [5.74, 6) is 0. The van der Waals surface area contributed by atoms with E-state index in [2.05, 4.69) is 17.4 Å². The maximum Gasteiger partial charge on any atom is 0.169 e. The average Bonchev–Trinajstić information content (AvgIpc) is 2.82. The first-order valence-corrected chi connectivity index (χ1v) is 7.52. The van der Waals surface area contributed by atoms with Gasteiger partial charge in [-0.25, -0.2) is 0 Å². The minimum absolute atomic E-state index is 0.744. The van der Waals surface area contributed by atoms with Crippen molar-refractivity contribution in [3.05, 3.63) is 57.2 Å². The molecule has 0 fully saturated rings. The van der Waals surface area contributed by atoms with Crippen LogP contribution < -0.4 is 5.32 Å². The molecule has 1 aromatic heterocycles. The molecule has 0 amide bonds. The maximum atomic E-state index is 5.92. The number of thiophene rings is 1. The second kappa shape index (κ2) is 6.89. The molecule has 1 aromatic carbocycles. The molecule has 0 saturated carbocycles. The Kier molecular flexibility index (Phi) is 5.19. The summed E-state index contributed by atoms with van der Waals surface area (Å²) >= 11 is 12.9. The van der Waals surface area contributed by atoms with Gasteiger partial charge in [0.2, 0.25) is 0 Å². The van der Waals surface area contributed by atoms with Crippen LogP contribution in [0, 0.1) is 0 Å². The molecule has 1 heterocycles. The van der Waals surface area contributed by atoms with E-state index in [-0.39, 0.29) is 0 Å². The van der Waals surface area contributed by atoms with Gasteiger partial charge in [0.15, 0.2) is 5.11 Å². The number of nitrogens with one attached hydrogen (secondary N) is 1. The summed E-state index contributed by atoms with van der Waals surface area (Å²) in [5.41, 5.74) is 1.22. The van der Waals surface area contributed by atoms with E-state index in [4.69, 9.17) is 23.8 Å². The highest BCUT2D eigenvalue weighted by molar-refractivity contribution is 7.80. The summed E-state index contributed by atoms with van der Waals surface area (Å²) in [7, 11) is 1.98. The second-order valence-electron chi connectivity index (χ2n) is 4.21. The lowest BCUT2D eigenvalue weighted by Crippen LogP contribution is -2.35. The summed E-state index contributed by atoms with van der Waals surface area (Å²) < 4.78 is 0.812. The van der Waals surface area contributed by atoms with Gasteiger partial charge in [-0.1, -0.05) is 41.9 Å². The highest BCUT2D eigenvalue weighted by Crippen LogP contribution is 2.22. The summed E-state index contributed by atoms with van der Waals surface area (Å²) in [4.78, 5) is 3.22. The molecule has 0 aliphatic heterocycles. The maximum absolute atomic E-state index is 5.92. The quantitative estimate of drug-likeness (QED) is 0.862. The smallest absolute Gasteiger partial charge is 0.169 e. The predicted molar refractivity (Wildman–Crippen MR) is 86.7 cm³/mol. The van der Waals surface area contributed by atoms with Crippen LogP contribution in [-0.4, -0.2) is 17.1 Å². The second-order valence-corrected chi connectivity index (χ2v) is 6.39. The summed E-state index contributed by atoms with van der Waals surface area (Å²) in [6, 6.07) is 14.2. The van der Waals surface area contributed by atoms with Gasteiger partial charge in [-0.15, -0.1) is 11.3 Å². The molecule has 100 valence electrons. The Hall–Kier alpha value is -1.10. The Bertz CT molecular complexity index is 539. The number of nitrogens with zero attached hydrogens (tertiary/aromatic N) is 1. The van der Waals surface area contributed by atoms with Crippen molar-refractivity contribution in [2.24, 2.45) is 0 Å². The minimum Gasteiger partial charge on any atom is -0.358 e. The fourth-order valence-electron chi connectivity index (χ4n) is 1.65. The Labute approximate surface area is 128 Å². The van der Waals surface area contributed by atoms with Crippen LogP contribution in [0.5, 0.6) is 0 Å². The van der Waals surface area contributed by atoms with Crippen molar-refractivity contribution in [1.29, 1.82) is 0 Å². The van der Waals surface area contributed by atoms with E-state index in [9.17, 15) is 0 Å². The number of halogens is 1. The van der Waals surface area contributed by atoms with E-state index in [0.717, 1.165) is 22.5 Å². The lowest BCUT2D eigenvalue weighted by atomic mass is 10.2. The van der Waals surface area contributed by atoms with Crippen molar-refractivity contribution < 1.29 is 0 Å². The summed E-state index contributed by atoms with van der Waals surface area (Å²) in [6.45, 7) is 1.52. The molecular formula is C14H15ClN2S2. The largest absolute Gasteiger partial charge is 0.358 e. The van der Waals surface area contributed by atoms with Crippen molar-refractivity contribution in [3.8, 4) is 0 Å². The highest BCUT2D eigenvalue weighted by atomic mass is 35.5. The molecular weight excluding hydrogens is 296 g/mol. The number of hydrogen-bond acceptors (Lipinski definition) is 2. The standard InChI is InChI=1S/C14H15ClN2S2/c1-17(10-12-7-8-13(15)19-12)14(18)16-9-11-5-3-2-4-6-11/h2-8H,9-10H2,1H3,(H,16,18). The fourth-order valence-corrected chi connectivity index (χ4v) is 2.93. The first kappa shape index (κ1) is 14.3. The van der Waals surface area contributed by atoms with Crippen LogP contribution in [0.1, 0.15) is 10.4 Å². The summed E-state index contributed by atoms with van der Waals surface area (Å²) in [5, 5.41) is 4.00. The fraction of sp³-hybridized carbons (Fsp3) is 0.214. The molecule has 2 nitrogen and oxygen atoms in total. The number of rotatable bonds is 4. The van der Waals surface area contributed by atoms with E-state index in [0.29, 0.717) is 0 Å². The van der Waals surface area contributed by atoms with Gasteiger partial charge < -0.3 is 10.2 Å². The minimum atomic E-state index is 0.744.